The lowest BCUT2D eigenvalue weighted by atomic mass is 9.94. The highest BCUT2D eigenvalue weighted by molar-refractivity contribution is 5.76. The molecule has 108 valence electrons. The van der Waals surface area contributed by atoms with E-state index >= 15 is 0 Å². The second-order valence-corrected chi connectivity index (χ2v) is 5.94. The molecule has 0 N–H and O–H groups in total. The topological polar surface area (TPSA) is 73.8 Å². The molecule has 0 spiro atoms. The number of rotatable bonds is 2. The molecule has 0 radical (unpaired) electrons. The summed E-state index contributed by atoms with van der Waals surface area (Å²) < 4.78 is 6.94. The summed E-state index contributed by atoms with van der Waals surface area (Å²) in [4.78, 5) is 16.5. The summed E-state index contributed by atoms with van der Waals surface area (Å²) in [7, 11) is 0. The highest BCUT2D eigenvalue weighted by Crippen LogP contribution is 2.22. The fourth-order valence-corrected chi connectivity index (χ4v) is 1.99. The van der Waals surface area contributed by atoms with Crippen molar-refractivity contribution in [3.8, 4) is 0 Å². The van der Waals surface area contributed by atoms with Gasteiger partial charge in [-0.15, -0.1) is 5.10 Å². The SMILES string of the molecule is CC(C)(C)c1cnc(Cn2nnc3ccccc3c2=O)o1. The van der Waals surface area contributed by atoms with Gasteiger partial charge in [-0.2, -0.15) is 0 Å². The monoisotopic (exact) mass is 284 g/mol. The molecule has 3 aromatic rings. The fraction of sp³-hybridized carbons (Fsp3) is 0.333. The van der Waals surface area contributed by atoms with Crippen molar-refractivity contribution in [2.75, 3.05) is 0 Å². The van der Waals surface area contributed by atoms with Gasteiger partial charge in [-0.3, -0.25) is 4.79 Å². The first-order chi connectivity index (χ1) is 9.95. The van der Waals surface area contributed by atoms with Crippen molar-refractivity contribution >= 4 is 10.9 Å². The summed E-state index contributed by atoms with van der Waals surface area (Å²) in [5.74, 6) is 1.23. The third-order valence-electron chi connectivity index (χ3n) is 3.21. The Hall–Kier alpha value is -2.50. The van der Waals surface area contributed by atoms with E-state index < -0.39 is 0 Å². The van der Waals surface area contributed by atoms with E-state index in [0.29, 0.717) is 16.8 Å². The van der Waals surface area contributed by atoms with Crippen molar-refractivity contribution in [3.63, 3.8) is 0 Å². The maximum absolute atomic E-state index is 12.3. The summed E-state index contributed by atoms with van der Waals surface area (Å²) >= 11 is 0. The van der Waals surface area contributed by atoms with Crippen molar-refractivity contribution in [3.05, 3.63) is 52.5 Å². The maximum atomic E-state index is 12.3. The van der Waals surface area contributed by atoms with Crippen molar-refractivity contribution in [1.29, 1.82) is 0 Å². The second-order valence-electron chi connectivity index (χ2n) is 5.94. The molecule has 21 heavy (non-hydrogen) atoms. The van der Waals surface area contributed by atoms with E-state index in [0.717, 1.165) is 5.76 Å². The number of hydrogen-bond acceptors (Lipinski definition) is 5. The normalized spacial score (nSPS) is 12.0. The molecule has 2 aromatic heterocycles. The smallest absolute Gasteiger partial charge is 0.278 e. The Morgan fingerprint density at radius 3 is 2.71 bits per heavy atom. The van der Waals surface area contributed by atoms with E-state index in [4.69, 9.17) is 4.42 Å². The van der Waals surface area contributed by atoms with Crippen LogP contribution in [0.1, 0.15) is 32.4 Å². The summed E-state index contributed by atoms with van der Waals surface area (Å²) in [6.07, 6.45) is 1.69. The minimum Gasteiger partial charge on any atom is -0.443 e. The lowest BCUT2D eigenvalue weighted by Crippen LogP contribution is -2.24. The van der Waals surface area contributed by atoms with Gasteiger partial charge in [0.2, 0.25) is 5.89 Å². The summed E-state index contributed by atoms with van der Waals surface area (Å²) in [6.45, 7) is 6.30. The average molecular weight is 284 g/mol. The average Bonchev–Trinajstić information content (AvgIpc) is 2.91. The molecule has 1 aromatic carbocycles. The molecule has 3 rings (SSSR count). The van der Waals surface area contributed by atoms with Crippen molar-refractivity contribution in [2.45, 2.75) is 32.7 Å². The summed E-state index contributed by atoms with van der Waals surface area (Å²) in [5.41, 5.74) is 0.267. The Labute approximate surface area is 121 Å². The Morgan fingerprint density at radius 2 is 2.00 bits per heavy atom. The minimum absolute atomic E-state index is 0.120. The highest BCUT2D eigenvalue weighted by Gasteiger charge is 2.19. The second kappa shape index (κ2) is 4.80. The van der Waals surface area contributed by atoms with E-state index in [2.05, 4.69) is 15.3 Å². The molecule has 2 heterocycles. The third-order valence-corrected chi connectivity index (χ3v) is 3.21. The molecule has 0 aliphatic heterocycles. The van der Waals surface area contributed by atoms with Crippen LogP contribution in [0.4, 0.5) is 0 Å². The molecule has 0 bridgehead atoms. The van der Waals surface area contributed by atoms with Crippen LogP contribution in [0, 0.1) is 0 Å². The molecular formula is C15H16N4O2. The number of fused-ring (bicyclic) bond motifs is 1. The van der Waals surface area contributed by atoms with Crippen LogP contribution in [0.25, 0.3) is 10.9 Å². The first-order valence-electron chi connectivity index (χ1n) is 6.73. The van der Waals surface area contributed by atoms with Gasteiger partial charge in [-0.05, 0) is 12.1 Å². The van der Waals surface area contributed by atoms with Crippen LogP contribution in [0.3, 0.4) is 0 Å². The van der Waals surface area contributed by atoms with E-state index in [9.17, 15) is 4.79 Å². The lowest BCUT2D eigenvalue weighted by molar-refractivity contribution is 0.368. The van der Waals surface area contributed by atoms with Gasteiger partial charge in [0, 0.05) is 5.41 Å². The van der Waals surface area contributed by atoms with Crippen LogP contribution >= 0.6 is 0 Å². The molecule has 6 nitrogen and oxygen atoms in total. The number of hydrogen-bond donors (Lipinski definition) is 0. The van der Waals surface area contributed by atoms with Crippen LogP contribution in [0.2, 0.25) is 0 Å². The molecule has 0 aliphatic carbocycles. The number of oxazole rings is 1. The van der Waals surface area contributed by atoms with E-state index in [1.807, 2.05) is 26.8 Å². The first kappa shape index (κ1) is 13.5. The molecule has 0 fully saturated rings. The quantitative estimate of drug-likeness (QED) is 0.720. The van der Waals surface area contributed by atoms with E-state index in [-0.39, 0.29) is 17.5 Å². The van der Waals surface area contributed by atoms with E-state index in [1.165, 1.54) is 4.68 Å². The number of nitrogens with zero attached hydrogens (tertiary/aromatic N) is 4. The van der Waals surface area contributed by atoms with Crippen LogP contribution in [0.15, 0.2) is 39.7 Å². The molecule has 6 heteroatoms. The van der Waals surface area contributed by atoms with Crippen LogP contribution < -0.4 is 5.56 Å². The Bertz CT molecular complexity index is 842. The van der Waals surface area contributed by atoms with E-state index in [1.54, 1.807) is 24.4 Å². The molecule has 0 amide bonds. The van der Waals surface area contributed by atoms with Gasteiger partial charge in [0.25, 0.3) is 5.56 Å². The van der Waals surface area contributed by atoms with Crippen molar-refractivity contribution < 1.29 is 4.42 Å². The lowest BCUT2D eigenvalue weighted by Gasteiger charge is -2.13. The molecular weight excluding hydrogens is 268 g/mol. The molecule has 0 atom stereocenters. The van der Waals surface area contributed by atoms with Gasteiger partial charge in [-0.1, -0.05) is 38.1 Å². The third kappa shape index (κ3) is 2.56. The maximum Gasteiger partial charge on any atom is 0.278 e. The zero-order chi connectivity index (χ0) is 15.0. The Kier molecular flexibility index (Phi) is 3.08. The zero-order valence-corrected chi connectivity index (χ0v) is 12.2. The Balaban J connectivity index is 1.97. The number of benzene rings is 1. The number of aromatic nitrogens is 4. The predicted octanol–water partition coefficient (Wildman–Crippen LogP) is 2.13. The van der Waals surface area contributed by atoms with Crippen LogP contribution in [0.5, 0.6) is 0 Å². The molecule has 0 unspecified atom stereocenters. The molecule has 0 aliphatic rings. The fourth-order valence-electron chi connectivity index (χ4n) is 1.99. The molecule has 0 saturated carbocycles. The Morgan fingerprint density at radius 1 is 1.24 bits per heavy atom. The summed E-state index contributed by atoms with van der Waals surface area (Å²) in [5, 5.41) is 8.50. The van der Waals surface area contributed by atoms with Crippen molar-refractivity contribution in [1.82, 2.24) is 20.0 Å². The van der Waals surface area contributed by atoms with Gasteiger partial charge < -0.3 is 4.42 Å². The predicted molar refractivity (Wildman–Crippen MR) is 78.1 cm³/mol. The van der Waals surface area contributed by atoms with Crippen molar-refractivity contribution in [2.24, 2.45) is 0 Å². The van der Waals surface area contributed by atoms with Gasteiger partial charge in [0.15, 0.2) is 0 Å². The zero-order valence-electron chi connectivity index (χ0n) is 12.2. The van der Waals surface area contributed by atoms with Gasteiger partial charge in [0.05, 0.1) is 11.6 Å². The van der Waals surface area contributed by atoms with Gasteiger partial charge in [0.1, 0.15) is 17.8 Å². The van der Waals surface area contributed by atoms with Crippen LogP contribution in [-0.4, -0.2) is 20.0 Å². The minimum atomic E-state index is -0.198. The molecule has 0 saturated heterocycles. The summed E-state index contributed by atoms with van der Waals surface area (Å²) in [6, 6.07) is 7.12. The first-order valence-corrected chi connectivity index (χ1v) is 6.73. The standard InChI is InChI=1S/C15H16N4O2/c1-15(2,3)12-8-16-13(21-12)9-19-14(20)10-6-4-5-7-11(10)17-18-19/h4-8H,9H2,1-3H3. The van der Waals surface area contributed by atoms with Gasteiger partial charge >= 0.3 is 0 Å². The van der Waals surface area contributed by atoms with Gasteiger partial charge in [-0.25, -0.2) is 9.67 Å². The van der Waals surface area contributed by atoms with Crippen LogP contribution in [-0.2, 0) is 12.0 Å². The highest BCUT2D eigenvalue weighted by atomic mass is 16.4. The largest absolute Gasteiger partial charge is 0.443 e.